The summed E-state index contributed by atoms with van der Waals surface area (Å²) in [4.78, 5) is 30.9. The van der Waals surface area contributed by atoms with Gasteiger partial charge < -0.3 is 16.0 Å². The SMILES string of the molecule is CC1CN=C(NCc2cccc(N3C(=O)NC4(CCCC4)C3=O)c2)N1. The summed E-state index contributed by atoms with van der Waals surface area (Å²) in [5.74, 6) is 0.675. The molecule has 0 bridgehead atoms. The van der Waals surface area contributed by atoms with Crippen molar-refractivity contribution in [3.05, 3.63) is 29.8 Å². The van der Waals surface area contributed by atoms with Crippen LogP contribution in [0.2, 0.25) is 0 Å². The van der Waals surface area contributed by atoms with E-state index >= 15 is 0 Å². The van der Waals surface area contributed by atoms with Crippen molar-refractivity contribution >= 4 is 23.6 Å². The molecule has 1 saturated heterocycles. The van der Waals surface area contributed by atoms with E-state index in [0.29, 0.717) is 18.3 Å². The molecule has 1 unspecified atom stereocenters. The Morgan fingerprint density at radius 1 is 1.32 bits per heavy atom. The first-order chi connectivity index (χ1) is 12.1. The molecule has 1 aromatic rings. The highest BCUT2D eigenvalue weighted by Crippen LogP contribution is 2.37. The van der Waals surface area contributed by atoms with Crippen LogP contribution in [0.1, 0.15) is 38.2 Å². The molecule has 1 spiro atoms. The molecule has 3 amide bonds. The minimum absolute atomic E-state index is 0.115. The third kappa shape index (κ3) is 2.83. The van der Waals surface area contributed by atoms with Crippen molar-refractivity contribution in [3.8, 4) is 0 Å². The van der Waals surface area contributed by atoms with Gasteiger partial charge in [-0.1, -0.05) is 25.0 Å². The normalized spacial score (nSPS) is 24.4. The van der Waals surface area contributed by atoms with Gasteiger partial charge in [0.15, 0.2) is 5.96 Å². The molecule has 1 aliphatic carbocycles. The average Bonchev–Trinajstić information content (AvgIpc) is 3.28. The summed E-state index contributed by atoms with van der Waals surface area (Å²) < 4.78 is 0. The van der Waals surface area contributed by atoms with E-state index in [1.165, 1.54) is 4.90 Å². The van der Waals surface area contributed by atoms with Crippen molar-refractivity contribution in [2.75, 3.05) is 11.4 Å². The number of hydrogen-bond acceptors (Lipinski definition) is 5. The Bertz CT molecular complexity index is 739. The Morgan fingerprint density at radius 3 is 2.84 bits per heavy atom. The molecular weight excluding hydrogens is 318 g/mol. The number of nitrogens with one attached hydrogen (secondary N) is 3. The first-order valence-corrected chi connectivity index (χ1v) is 8.88. The van der Waals surface area contributed by atoms with Crippen molar-refractivity contribution < 1.29 is 9.59 Å². The molecule has 1 aromatic carbocycles. The molecule has 4 rings (SSSR count). The van der Waals surface area contributed by atoms with Gasteiger partial charge in [-0.05, 0) is 37.5 Å². The van der Waals surface area contributed by atoms with E-state index in [2.05, 4.69) is 27.9 Å². The average molecular weight is 341 g/mol. The lowest BCUT2D eigenvalue weighted by Crippen LogP contribution is -2.44. The van der Waals surface area contributed by atoms with Crippen LogP contribution in [0.4, 0.5) is 10.5 Å². The molecular formula is C18H23N5O2. The largest absolute Gasteiger partial charge is 0.352 e. The number of amides is 3. The van der Waals surface area contributed by atoms with Gasteiger partial charge in [0.2, 0.25) is 0 Å². The molecule has 0 radical (unpaired) electrons. The van der Waals surface area contributed by atoms with Gasteiger partial charge in [-0.25, -0.2) is 9.69 Å². The Balaban J connectivity index is 1.49. The van der Waals surface area contributed by atoms with Crippen molar-refractivity contribution in [2.45, 2.75) is 50.7 Å². The summed E-state index contributed by atoms with van der Waals surface area (Å²) in [6, 6.07) is 7.58. The fraction of sp³-hybridized carbons (Fsp3) is 0.500. The second-order valence-corrected chi connectivity index (χ2v) is 7.12. The highest BCUT2D eigenvalue weighted by Gasteiger charge is 2.52. The number of carbonyl (C=O) groups is 2. The standard InChI is InChI=1S/C18H23N5O2/c1-12-10-19-16(21-12)20-11-13-5-4-6-14(9-13)23-15(24)18(22-17(23)25)7-2-3-8-18/h4-6,9,12H,2-3,7-8,10-11H2,1H3,(H,22,25)(H2,19,20,21). The third-order valence-electron chi connectivity index (χ3n) is 5.15. The van der Waals surface area contributed by atoms with E-state index in [4.69, 9.17) is 0 Å². The highest BCUT2D eigenvalue weighted by atomic mass is 16.2. The van der Waals surface area contributed by atoms with Crippen LogP contribution >= 0.6 is 0 Å². The first-order valence-electron chi connectivity index (χ1n) is 8.88. The molecule has 3 aliphatic rings. The number of carbonyl (C=O) groups excluding carboxylic acids is 2. The van der Waals surface area contributed by atoms with Gasteiger partial charge in [0, 0.05) is 12.6 Å². The number of anilines is 1. The second-order valence-electron chi connectivity index (χ2n) is 7.12. The smallest absolute Gasteiger partial charge is 0.329 e. The van der Waals surface area contributed by atoms with E-state index in [1.807, 2.05) is 24.3 Å². The number of urea groups is 1. The van der Waals surface area contributed by atoms with Crippen LogP contribution in [0, 0.1) is 0 Å². The zero-order valence-electron chi connectivity index (χ0n) is 14.3. The molecule has 3 N–H and O–H groups in total. The summed E-state index contributed by atoms with van der Waals surface area (Å²) in [7, 11) is 0. The molecule has 2 heterocycles. The lowest BCUT2D eigenvalue weighted by Gasteiger charge is -2.20. The summed E-state index contributed by atoms with van der Waals surface area (Å²) in [6.07, 6.45) is 3.44. The maximum atomic E-state index is 12.9. The Kier molecular flexibility index (Phi) is 3.86. The van der Waals surface area contributed by atoms with Crippen LogP contribution in [0.5, 0.6) is 0 Å². The van der Waals surface area contributed by atoms with Gasteiger partial charge in [0.25, 0.3) is 5.91 Å². The number of aliphatic imine (C=N–C) groups is 1. The molecule has 132 valence electrons. The Labute approximate surface area is 146 Å². The molecule has 1 saturated carbocycles. The Hall–Kier alpha value is -2.57. The van der Waals surface area contributed by atoms with Crippen molar-refractivity contribution in [1.82, 2.24) is 16.0 Å². The van der Waals surface area contributed by atoms with Crippen molar-refractivity contribution in [3.63, 3.8) is 0 Å². The van der Waals surface area contributed by atoms with Crippen LogP contribution in [0.3, 0.4) is 0 Å². The number of imide groups is 1. The van der Waals surface area contributed by atoms with Crippen LogP contribution in [-0.4, -0.2) is 36.0 Å². The highest BCUT2D eigenvalue weighted by molar-refractivity contribution is 6.23. The first kappa shape index (κ1) is 15.9. The van der Waals surface area contributed by atoms with E-state index in [-0.39, 0.29) is 11.9 Å². The zero-order valence-corrected chi connectivity index (χ0v) is 14.3. The number of benzene rings is 1. The lowest BCUT2D eigenvalue weighted by atomic mass is 9.98. The fourth-order valence-corrected chi connectivity index (χ4v) is 3.82. The van der Waals surface area contributed by atoms with Gasteiger partial charge in [0.1, 0.15) is 5.54 Å². The van der Waals surface area contributed by atoms with Gasteiger partial charge >= 0.3 is 6.03 Å². The molecule has 1 atom stereocenters. The molecule has 7 heteroatoms. The number of rotatable bonds is 3. The van der Waals surface area contributed by atoms with Gasteiger partial charge in [-0.2, -0.15) is 0 Å². The predicted molar refractivity (Wildman–Crippen MR) is 95.4 cm³/mol. The van der Waals surface area contributed by atoms with Gasteiger partial charge in [-0.3, -0.25) is 9.79 Å². The number of guanidine groups is 1. The van der Waals surface area contributed by atoms with Gasteiger partial charge in [-0.15, -0.1) is 0 Å². The summed E-state index contributed by atoms with van der Waals surface area (Å²) >= 11 is 0. The number of nitrogens with zero attached hydrogens (tertiary/aromatic N) is 2. The lowest BCUT2D eigenvalue weighted by molar-refractivity contribution is -0.121. The van der Waals surface area contributed by atoms with E-state index in [1.54, 1.807) is 0 Å². The minimum atomic E-state index is -0.677. The summed E-state index contributed by atoms with van der Waals surface area (Å²) in [5, 5.41) is 9.42. The predicted octanol–water partition coefficient (Wildman–Crippen LogP) is 1.49. The molecule has 0 aromatic heterocycles. The van der Waals surface area contributed by atoms with Crippen molar-refractivity contribution in [1.29, 1.82) is 0 Å². The van der Waals surface area contributed by atoms with Crippen LogP contribution in [0.25, 0.3) is 0 Å². The second kappa shape index (κ2) is 6.06. The fourth-order valence-electron chi connectivity index (χ4n) is 3.82. The summed E-state index contributed by atoms with van der Waals surface area (Å²) in [5.41, 5.74) is 0.944. The maximum absolute atomic E-state index is 12.9. The number of hydrogen-bond donors (Lipinski definition) is 3. The topological polar surface area (TPSA) is 85.8 Å². The van der Waals surface area contributed by atoms with E-state index in [9.17, 15) is 9.59 Å². The summed E-state index contributed by atoms with van der Waals surface area (Å²) in [6.45, 7) is 3.43. The van der Waals surface area contributed by atoms with Crippen LogP contribution in [-0.2, 0) is 11.3 Å². The molecule has 2 aliphatic heterocycles. The molecule has 25 heavy (non-hydrogen) atoms. The third-order valence-corrected chi connectivity index (χ3v) is 5.15. The molecule has 2 fully saturated rings. The van der Waals surface area contributed by atoms with Crippen LogP contribution < -0.4 is 20.9 Å². The zero-order chi connectivity index (χ0) is 17.4. The maximum Gasteiger partial charge on any atom is 0.329 e. The quantitative estimate of drug-likeness (QED) is 0.727. The van der Waals surface area contributed by atoms with Gasteiger partial charge in [0.05, 0.1) is 12.2 Å². The Morgan fingerprint density at radius 2 is 2.12 bits per heavy atom. The monoisotopic (exact) mass is 341 g/mol. The van der Waals surface area contributed by atoms with E-state index < -0.39 is 5.54 Å². The minimum Gasteiger partial charge on any atom is -0.352 e. The van der Waals surface area contributed by atoms with Crippen LogP contribution in [0.15, 0.2) is 29.3 Å². The van der Waals surface area contributed by atoms with E-state index in [0.717, 1.165) is 43.8 Å². The van der Waals surface area contributed by atoms with Crippen molar-refractivity contribution in [2.24, 2.45) is 4.99 Å². The molecule has 7 nitrogen and oxygen atoms in total.